The van der Waals surface area contributed by atoms with E-state index in [1.807, 2.05) is 0 Å². The number of aromatic nitrogens is 2. The third-order valence-electron chi connectivity index (χ3n) is 1.46. The van der Waals surface area contributed by atoms with Gasteiger partial charge in [-0.2, -0.15) is 9.92 Å². The minimum Gasteiger partial charge on any atom is -0.330 e. The first-order valence-corrected chi connectivity index (χ1v) is 3.96. The van der Waals surface area contributed by atoms with Gasteiger partial charge in [-0.3, -0.25) is 0 Å². The Bertz CT molecular complexity index is 402. The average molecular weight is 233 g/mol. The van der Waals surface area contributed by atoms with E-state index in [9.17, 15) is 20.2 Å². The van der Waals surface area contributed by atoms with Crippen LogP contribution in [0.1, 0.15) is 5.69 Å². The molecule has 0 aliphatic rings. The van der Waals surface area contributed by atoms with E-state index in [1.54, 1.807) is 0 Å². The number of rotatable bonds is 6. The van der Waals surface area contributed by atoms with Crippen LogP contribution >= 0.6 is 0 Å². The Labute approximate surface area is 87.5 Å². The maximum atomic E-state index is 10.1. The molecule has 2 N–H and O–H groups in total. The molecule has 16 heavy (non-hydrogen) atoms. The van der Waals surface area contributed by atoms with Crippen LogP contribution in [0.3, 0.4) is 0 Å². The molecule has 0 saturated carbocycles. The summed E-state index contributed by atoms with van der Waals surface area (Å²) < 4.78 is 0.496. The molecule has 0 bridgehead atoms. The fraction of sp³-hybridized carbons (Fsp3) is 0.400. The molecular weight excluding hydrogens is 226 g/mol. The van der Waals surface area contributed by atoms with Gasteiger partial charge in [0.1, 0.15) is 0 Å². The van der Waals surface area contributed by atoms with Gasteiger partial charge in [-0.25, -0.2) is 15.0 Å². The highest BCUT2D eigenvalue weighted by atomic mass is 17.0. The second kappa shape index (κ2) is 4.88. The third-order valence-corrected chi connectivity index (χ3v) is 1.46. The first kappa shape index (κ1) is 11.6. The summed E-state index contributed by atoms with van der Waals surface area (Å²) in [6.07, 6.45) is 1.33. The minimum atomic E-state index is -1.16. The van der Waals surface area contributed by atoms with Crippen LogP contribution in [0, 0.1) is 20.2 Å². The van der Waals surface area contributed by atoms with Crippen molar-refractivity contribution in [3.05, 3.63) is 32.1 Å². The second-order valence-electron chi connectivity index (χ2n) is 2.49. The predicted octanol–water partition coefficient (Wildman–Crippen LogP) is -1.42. The topological polar surface area (TPSA) is 149 Å². The van der Waals surface area contributed by atoms with Gasteiger partial charge >= 0.3 is 11.1 Å². The summed E-state index contributed by atoms with van der Waals surface area (Å²) in [5.41, 5.74) is 5.42. The standard InChI is InChI=1S/C5H7N5O6/c6-2-1-4-3-7-5(15-9(11)12)8(4)16-10(13)14/h3H,1-2,6H2. The number of hydrogen-bond donors (Lipinski definition) is 1. The first-order valence-electron chi connectivity index (χ1n) is 3.96. The zero-order chi connectivity index (χ0) is 12.1. The van der Waals surface area contributed by atoms with Crippen molar-refractivity contribution in [2.75, 3.05) is 6.54 Å². The van der Waals surface area contributed by atoms with Crippen molar-refractivity contribution in [3.8, 4) is 6.01 Å². The van der Waals surface area contributed by atoms with Gasteiger partial charge in [-0.15, -0.1) is 10.1 Å². The maximum absolute atomic E-state index is 10.1. The highest BCUT2D eigenvalue weighted by Crippen LogP contribution is 2.11. The predicted molar refractivity (Wildman–Crippen MR) is 46.2 cm³/mol. The van der Waals surface area contributed by atoms with Gasteiger partial charge in [0.15, 0.2) is 10.8 Å². The molecule has 1 aromatic heterocycles. The van der Waals surface area contributed by atoms with Crippen molar-refractivity contribution >= 4 is 0 Å². The van der Waals surface area contributed by atoms with Crippen molar-refractivity contribution < 1.29 is 19.9 Å². The number of imidazole rings is 1. The molecule has 0 atom stereocenters. The summed E-state index contributed by atoms with van der Waals surface area (Å²) >= 11 is 0. The minimum absolute atomic E-state index is 0.171. The van der Waals surface area contributed by atoms with Gasteiger partial charge in [0.2, 0.25) is 0 Å². The lowest BCUT2D eigenvalue weighted by Crippen LogP contribution is -2.23. The van der Waals surface area contributed by atoms with Crippen molar-refractivity contribution in [2.45, 2.75) is 6.42 Å². The van der Waals surface area contributed by atoms with E-state index in [0.717, 1.165) is 6.20 Å². The van der Waals surface area contributed by atoms with Crippen LogP contribution in [-0.2, 0) is 6.42 Å². The fourth-order valence-corrected chi connectivity index (χ4v) is 0.953. The quantitative estimate of drug-likeness (QED) is 0.464. The summed E-state index contributed by atoms with van der Waals surface area (Å²) in [4.78, 5) is 31.7. The summed E-state index contributed by atoms with van der Waals surface area (Å²) in [5.74, 6) is 0. The molecule has 0 aromatic carbocycles. The van der Waals surface area contributed by atoms with E-state index in [1.165, 1.54) is 0 Å². The molecular formula is C5H7N5O6. The number of nitrogens with two attached hydrogens (primary N) is 1. The fourth-order valence-electron chi connectivity index (χ4n) is 0.953. The Kier molecular flexibility index (Phi) is 3.55. The zero-order valence-corrected chi connectivity index (χ0v) is 7.81. The van der Waals surface area contributed by atoms with E-state index < -0.39 is 16.2 Å². The second-order valence-corrected chi connectivity index (χ2v) is 2.49. The van der Waals surface area contributed by atoms with Crippen LogP contribution in [0.25, 0.3) is 0 Å². The van der Waals surface area contributed by atoms with Gasteiger partial charge in [0.25, 0.3) is 0 Å². The van der Waals surface area contributed by atoms with Gasteiger partial charge in [0.05, 0.1) is 6.20 Å². The molecule has 1 rings (SSSR count). The molecule has 11 heteroatoms. The molecule has 0 amide bonds. The van der Waals surface area contributed by atoms with E-state index in [2.05, 4.69) is 14.8 Å². The number of nitrogens with zero attached hydrogens (tertiary/aromatic N) is 4. The molecule has 88 valence electrons. The summed E-state index contributed by atoms with van der Waals surface area (Å²) in [6, 6.07) is -0.648. The maximum Gasteiger partial charge on any atom is 0.405 e. The molecule has 0 saturated heterocycles. The van der Waals surface area contributed by atoms with Crippen LogP contribution in [0.2, 0.25) is 0 Å². The Balaban J connectivity index is 2.98. The molecule has 0 aliphatic carbocycles. The average Bonchev–Trinajstić information content (AvgIpc) is 2.49. The molecule has 1 heterocycles. The van der Waals surface area contributed by atoms with Crippen molar-refractivity contribution in [2.24, 2.45) is 5.73 Å². The lowest BCUT2D eigenvalue weighted by Gasteiger charge is -2.02. The highest BCUT2D eigenvalue weighted by Gasteiger charge is 2.20. The van der Waals surface area contributed by atoms with Gasteiger partial charge in [-0.1, -0.05) is 4.73 Å². The third kappa shape index (κ3) is 2.78. The molecule has 0 radical (unpaired) electrons. The Hall–Kier alpha value is -2.43. The first-order chi connectivity index (χ1) is 7.54. The summed E-state index contributed by atoms with van der Waals surface area (Å²) in [6.45, 7) is 0.171. The number of hydrogen-bond acceptors (Lipinski definition) is 8. The van der Waals surface area contributed by atoms with Crippen LogP contribution in [0.15, 0.2) is 6.20 Å². The Morgan fingerprint density at radius 3 is 2.62 bits per heavy atom. The Morgan fingerprint density at radius 2 is 2.12 bits per heavy atom. The van der Waals surface area contributed by atoms with Crippen LogP contribution in [-0.4, -0.2) is 26.4 Å². The lowest BCUT2D eigenvalue weighted by molar-refractivity contribution is -0.756. The van der Waals surface area contributed by atoms with Crippen LogP contribution in [0.5, 0.6) is 6.01 Å². The molecule has 0 spiro atoms. The van der Waals surface area contributed by atoms with E-state index >= 15 is 0 Å². The molecule has 11 nitrogen and oxygen atoms in total. The zero-order valence-electron chi connectivity index (χ0n) is 7.81. The van der Waals surface area contributed by atoms with E-state index in [0.29, 0.717) is 4.73 Å². The van der Waals surface area contributed by atoms with E-state index in [-0.39, 0.29) is 18.7 Å². The lowest BCUT2D eigenvalue weighted by atomic mass is 10.3. The highest BCUT2D eigenvalue weighted by molar-refractivity contribution is 5.07. The Morgan fingerprint density at radius 1 is 1.44 bits per heavy atom. The van der Waals surface area contributed by atoms with Crippen LogP contribution in [0.4, 0.5) is 0 Å². The van der Waals surface area contributed by atoms with Gasteiger partial charge in [-0.05, 0) is 0 Å². The van der Waals surface area contributed by atoms with Crippen molar-refractivity contribution in [3.63, 3.8) is 0 Å². The van der Waals surface area contributed by atoms with E-state index in [4.69, 9.17) is 5.73 Å². The molecule has 0 fully saturated rings. The largest absolute Gasteiger partial charge is 0.405 e. The normalized spacial score (nSPS) is 9.81. The van der Waals surface area contributed by atoms with Gasteiger partial charge in [0, 0.05) is 13.0 Å². The SMILES string of the molecule is NCCc1cnc(O[N+](=O)[O-])n1O[N+](=O)[O-]. The summed E-state index contributed by atoms with van der Waals surface area (Å²) in [5, 5.41) is 17.9. The molecule has 1 aromatic rings. The van der Waals surface area contributed by atoms with Crippen molar-refractivity contribution in [1.29, 1.82) is 0 Å². The molecule has 0 unspecified atom stereocenters. The van der Waals surface area contributed by atoms with Crippen LogP contribution < -0.4 is 15.5 Å². The monoisotopic (exact) mass is 233 g/mol. The molecule has 0 aliphatic heterocycles. The van der Waals surface area contributed by atoms with Gasteiger partial charge < -0.3 is 5.73 Å². The smallest absolute Gasteiger partial charge is 0.330 e. The van der Waals surface area contributed by atoms with Crippen molar-refractivity contribution in [1.82, 2.24) is 9.71 Å². The summed E-state index contributed by atoms with van der Waals surface area (Å²) in [7, 11) is 0.